The molecule has 5 nitrogen and oxygen atoms in total. The minimum absolute atomic E-state index is 0.178. The van der Waals surface area contributed by atoms with Gasteiger partial charge in [-0.1, -0.05) is 6.07 Å². The Kier molecular flexibility index (Phi) is 3.29. The van der Waals surface area contributed by atoms with Crippen molar-refractivity contribution in [2.75, 3.05) is 19.0 Å². The average molecular weight is 258 g/mol. The largest absolute Gasteiger partial charge is 0.374 e. The van der Waals surface area contributed by atoms with Crippen LogP contribution in [0.2, 0.25) is 0 Å². The zero-order valence-electron chi connectivity index (χ0n) is 11.0. The van der Waals surface area contributed by atoms with Gasteiger partial charge in [0.05, 0.1) is 11.6 Å². The van der Waals surface area contributed by atoms with Gasteiger partial charge in [0.2, 0.25) is 10.9 Å². The molecule has 98 valence electrons. The summed E-state index contributed by atoms with van der Waals surface area (Å²) in [6.07, 6.45) is 3.14. The topological polar surface area (TPSA) is 67.3 Å². The van der Waals surface area contributed by atoms with Crippen LogP contribution < -0.4 is 15.8 Å². The lowest BCUT2D eigenvalue weighted by molar-refractivity contribution is -0.117. The van der Waals surface area contributed by atoms with Crippen LogP contribution in [0.5, 0.6) is 0 Å². The molecule has 0 N–H and O–H groups in total. The zero-order chi connectivity index (χ0) is 14.2. The molecular weight excluding hydrogens is 244 g/mol. The van der Waals surface area contributed by atoms with E-state index in [0.717, 1.165) is 0 Å². The van der Waals surface area contributed by atoms with Gasteiger partial charge in [-0.3, -0.25) is 19.4 Å². The van der Waals surface area contributed by atoms with Gasteiger partial charge in [0.1, 0.15) is 5.78 Å². The van der Waals surface area contributed by atoms with Crippen molar-refractivity contribution < 1.29 is 4.79 Å². The van der Waals surface area contributed by atoms with Crippen molar-refractivity contribution in [2.45, 2.75) is 12.8 Å². The SMILES string of the molecule is CC(=O)C(c1cccnc1)c1c(N(C)C)c(=O)c1=O. The number of anilines is 1. The fourth-order valence-electron chi connectivity index (χ4n) is 2.26. The summed E-state index contributed by atoms with van der Waals surface area (Å²) >= 11 is 0. The molecule has 1 aromatic carbocycles. The molecular formula is C14H14N2O3. The Morgan fingerprint density at radius 1 is 1.26 bits per heavy atom. The van der Waals surface area contributed by atoms with Gasteiger partial charge in [0.15, 0.2) is 0 Å². The highest BCUT2D eigenvalue weighted by molar-refractivity contribution is 5.89. The van der Waals surface area contributed by atoms with E-state index in [1.165, 1.54) is 6.92 Å². The minimum Gasteiger partial charge on any atom is -0.374 e. The molecule has 1 aromatic heterocycles. The molecule has 0 spiro atoms. The molecule has 1 unspecified atom stereocenters. The van der Waals surface area contributed by atoms with Gasteiger partial charge in [0, 0.05) is 32.1 Å². The summed E-state index contributed by atoms with van der Waals surface area (Å²) in [6.45, 7) is 1.41. The van der Waals surface area contributed by atoms with E-state index in [2.05, 4.69) is 4.98 Å². The highest BCUT2D eigenvalue weighted by atomic mass is 16.2. The third-order valence-corrected chi connectivity index (χ3v) is 3.08. The highest BCUT2D eigenvalue weighted by Crippen LogP contribution is 2.28. The van der Waals surface area contributed by atoms with Gasteiger partial charge in [-0.25, -0.2) is 0 Å². The van der Waals surface area contributed by atoms with Crippen LogP contribution in [0.3, 0.4) is 0 Å². The molecule has 0 bridgehead atoms. The first kappa shape index (κ1) is 13.1. The summed E-state index contributed by atoms with van der Waals surface area (Å²) in [5.41, 5.74) is 0.109. The predicted molar refractivity (Wildman–Crippen MR) is 72.4 cm³/mol. The zero-order valence-corrected chi connectivity index (χ0v) is 11.0. The Bertz CT molecular complexity index is 682. The summed E-state index contributed by atoms with van der Waals surface area (Å²) < 4.78 is 0. The molecule has 2 rings (SSSR count). The van der Waals surface area contributed by atoms with Crippen LogP contribution in [0, 0.1) is 0 Å². The first-order valence-electron chi connectivity index (χ1n) is 5.86. The van der Waals surface area contributed by atoms with Crippen molar-refractivity contribution in [3.63, 3.8) is 0 Å². The lowest BCUT2D eigenvalue weighted by Crippen LogP contribution is -2.43. The first-order valence-corrected chi connectivity index (χ1v) is 5.86. The van der Waals surface area contributed by atoms with Crippen molar-refractivity contribution in [3.8, 4) is 0 Å². The molecule has 0 radical (unpaired) electrons. The van der Waals surface area contributed by atoms with Gasteiger partial charge >= 0.3 is 0 Å². The van der Waals surface area contributed by atoms with Gasteiger partial charge in [-0.05, 0) is 18.6 Å². The number of ketones is 1. The fourth-order valence-corrected chi connectivity index (χ4v) is 2.26. The summed E-state index contributed by atoms with van der Waals surface area (Å²) in [5.74, 6) is -0.889. The number of carbonyl (C=O) groups is 1. The molecule has 5 heteroatoms. The van der Waals surface area contributed by atoms with E-state index in [0.29, 0.717) is 11.3 Å². The molecule has 1 atom stereocenters. The maximum atomic E-state index is 11.9. The van der Waals surface area contributed by atoms with E-state index in [9.17, 15) is 14.4 Å². The van der Waals surface area contributed by atoms with Gasteiger partial charge < -0.3 is 4.90 Å². The van der Waals surface area contributed by atoms with Crippen LogP contribution in [0.15, 0.2) is 34.1 Å². The van der Waals surface area contributed by atoms with Crippen LogP contribution in [-0.2, 0) is 4.79 Å². The highest BCUT2D eigenvalue weighted by Gasteiger charge is 2.32. The number of pyridine rings is 1. The third-order valence-electron chi connectivity index (χ3n) is 3.08. The van der Waals surface area contributed by atoms with Crippen LogP contribution >= 0.6 is 0 Å². The Balaban J connectivity index is 2.60. The number of Topliss-reactive ketones (excluding diaryl/α,β-unsaturated/α-hetero) is 1. The molecule has 0 amide bonds. The van der Waals surface area contributed by atoms with Crippen LogP contribution in [-0.4, -0.2) is 24.9 Å². The number of nitrogens with zero attached hydrogens (tertiary/aromatic N) is 2. The summed E-state index contributed by atoms with van der Waals surface area (Å²) in [7, 11) is 3.36. The van der Waals surface area contributed by atoms with E-state index in [1.807, 2.05) is 0 Å². The van der Waals surface area contributed by atoms with Gasteiger partial charge in [-0.2, -0.15) is 0 Å². The lowest BCUT2D eigenvalue weighted by atomic mass is 9.85. The maximum Gasteiger partial charge on any atom is 0.249 e. The van der Waals surface area contributed by atoms with Crippen LogP contribution in [0.4, 0.5) is 5.69 Å². The quantitative estimate of drug-likeness (QED) is 0.745. The Morgan fingerprint density at radius 2 is 1.95 bits per heavy atom. The number of hydrogen-bond acceptors (Lipinski definition) is 5. The number of carbonyl (C=O) groups excluding carboxylic acids is 1. The number of hydrogen-bond donors (Lipinski definition) is 0. The molecule has 0 fully saturated rings. The summed E-state index contributed by atoms with van der Waals surface area (Å²) in [4.78, 5) is 40.8. The molecule has 0 aliphatic rings. The van der Waals surface area contributed by atoms with E-state index in [4.69, 9.17) is 0 Å². The molecule has 19 heavy (non-hydrogen) atoms. The minimum atomic E-state index is -0.712. The van der Waals surface area contributed by atoms with Gasteiger partial charge in [-0.15, -0.1) is 0 Å². The second-order valence-corrected chi connectivity index (χ2v) is 4.64. The molecule has 1 heterocycles. The standard InChI is InChI=1S/C14H14N2O3/c1-8(17)10(9-5-4-6-15-7-9)11-12(16(2)3)14(19)13(11)18/h4-7,10H,1-3H3. The van der Waals surface area contributed by atoms with E-state index >= 15 is 0 Å². The van der Waals surface area contributed by atoms with Crippen molar-refractivity contribution in [3.05, 3.63) is 56.1 Å². The van der Waals surface area contributed by atoms with Crippen molar-refractivity contribution in [2.24, 2.45) is 0 Å². The molecule has 0 aliphatic carbocycles. The average Bonchev–Trinajstić information content (AvgIpc) is 2.38. The van der Waals surface area contributed by atoms with Crippen molar-refractivity contribution >= 4 is 11.5 Å². The summed E-state index contributed by atoms with van der Waals surface area (Å²) in [5, 5.41) is 0. The summed E-state index contributed by atoms with van der Waals surface area (Å²) in [6, 6.07) is 3.43. The Hall–Kier alpha value is -2.30. The van der Waals surface area contributed by atoms with Crippen LogP contribution in [0.1, 0.15) is 24.0 Å². The molecule has 0 aliphatic heterocycles. The maximum absolute atomic E-state index is 11.9. The fraction of sp³-hybridized carbons (Fsp3) is 0.286. The Labute approximate surface area is 110 Å². The van der Waals surface area contributed by atoms with Crippen molar-refractivity contribution in [1.82, 2.24) is 4.98 Å². The second-order valence-electron chi connectivity index (χ2n) is 4.64. The third kappa shape index (κ3) is 2.07. The van der Waals surface area contributed by atoms with E-state index in [-0.39, 0.29) is 11.3 Å². The predicted octanol–water partition coefficient (Wildman–Crippen LogP) is 0.464. The van der Waals surface area contributed by atoms with Crippen LogP contribution in [0.25, 0.3) is 0 Å². The lowest BCUT2D eigenvalue weighted by Gasteiger charge is -2.23. The van der Waals surface area contributed by atoms with Gasteiger partial charge in [0.25, 0.3) is 0 Å². The number of rotatable bonds is 4. The molecule has 2 aromatic rings. The molecule has 0 saturated heterocycles. The van der Waals surface area contributed by atoms with E-state index < -0.39 is 16.8 Å². The normalized spacial score (nSPS) is 12.4. The smallest absolute Gasteiger partial charge is 0.249 e. The van der Waals surface area contributed by atoms with Crippen molar-refractivity contribution in [1.29, 1.82) is 0 Å². The number of aromatic nitrogens is 1. The second kappa shape index (κ2) is 4.76. The molecule has 0 saturated carbocycles. The Morgan fingerprint density at radius 3 is 2.42 bits per heavy atom. The first-order chi connectivity index (χ1) is 8.95. The monoisotopic (exact) mass is 258 g/mol. The van der Waals surface area contributed by atoms with E-state index in [1.54, 1.807) is 43.5 Å².